The third-order valence-electron chi connectivity index (χ3n) is 6.78. The highest BCUT2D eigenvalue weighted by Gasteiger charge is 2.36. The monoisotopic (exact) mass is 562 g/mol. The van der Waals surface area contributed by atoms with Gasteiger partial charge in [0, 0.05) is 35.5 Å². The van der Waals surface area contributed by atoms with Crippen LogP contribution >= 0.6 is 22.7 Å². The van der Waals surface area contributed by atoms with E-state index >= 15 is 0 Å². The van der Waals surface area contributed by atoms with Crippen molar-refractivity contribution in [1.82, 2.24) is 9.55 Å². The third-order valence-corrected chi connectivity index (χ3v) is 8.84. The number of pyridine rings is 1. The number of hydrogen-bond donors (Lipinski definition) is 0. The summed E-state index contributed by atoms with van der Waals surface area (Å²) in [5.41, 5.74) is 1.58. The summed E-state index contributed by atoms with van der Waals surface area (Å²) in [6, 6.07) is 6.20. The van der Waals surface area contributed by atoms with Crippen LogP contribution in [0.15, 0.2) is 29.6 Å². The number of fused-ring (bicyclic) bond motifs is 1. The lowest BCUT2D eigenvalue weighted by Crippen LogP contribution is -2.18. The predicted octanol–water partition coefficient (Wildman–Crippen LogP) is 6.99. The summed E-state index contributed by atoms with van der Waals surface area (Å²) < 4.78 is 55.0. The molecule has 1 aliphatic heterocycles. The van der Waals surface area contributed by atoms with E-state index in [4.69, 9.17) is 9.47 Å². The van der Waals surface area contributed by atoms with Crippen molar-refractivity contribution in [3.8, 4) is 10.6 Å². The van der Waals surface area contributed by atoms with Gasteiger partial charge in [0.15, 0.2) is 6.61 Å². The van der Waals surface area contributed by atoms with Crippen LogP contribution in [0.5, 0.6) is 0 Å². The fourth-order valence-corrected chi connectivity index (χ4v) is 6.63. The van der Waals surface area contributed by atoms with Crippen LogP contribution in [0.4, 0.5) is 13.2 Å². The Labute approximate surface area is 225 Å². The minimum atomic E-state index is -4.64. The van der Waals surface area contributed by atoms with Gasteiger partial charge in [0.1, 0.15) is 9.71 Å². The van der Waals surface area contributed by atoms with Gasteiger partial charge in [-0.3, -0.25) is 4.79 Å². The smallest absolute Gasteiger partial charge is 0.417 e. The average Bonchev–Trinajstić information content (AvgIpc) is 3.67. The standard InChI is InChI=1S/C27H25F3N2O4S2/c1-14-10-18(16(3)32(14)12-17-6-4-8-35-17)21(33)13-36-26(34)24-15(2)23-19(27(28,29)30)11-20(31-25(23)38-24)22-7-5-9-37-22/h5,7,9-11,17H,4,6,8,12-13H2,1-3H3. The van der Waals surface area contributed by atoms with Gasteiger partial charge in [-0.1, -0.05) is 6.07 Å². The topological polar surface area (TPSA) is 70.4 Å². The van der Waals surface area contributed by atoms with Crippen molar-refractivity contribution in [3.05, 3.63) is 62.6 Å². The number of nitrogens with zero attached hydrogens (tertiary/aromatic N) is 2. The van der Waals surface area contributed by atoms with Crippen LogP contribution in [0.3, 0.4) is 0 Å². The molecule has 4 aromatic rings. The van der Waals surface area contributed by atoms with E-state index in [1.54, 1.807) is 23.6 Å². The molecule has 0 aliphatic carbocycles. The van der Waals surface area contributed by atoms with Crippen LogP contribution in [-0.4, -0.2) is 40.6 Å². The van der Waals surface area contributed by atoms with Crippen molar-refractivity contribution >= 4 is 44.6 Å². The van der Waals surface area contributed by atoms with Gasteiger partial charge in [0.05, 0.1) is 22.2 Å². The molecule has 6 nitrogen and oxygen atoms in total. The molecule has 0 N–H and O–H groups in total. The summed E-state index contributed by atoms with van der Waals surface area (Å²) in [4.78, 5) is 31.0. The van der Waals surface area contributed by atoms with Gasteiger partial charge in [-0.05, 0) is 62.8 Å². The number of ketones is 1. The van der Waals surface area contributed by atoms with Crippen LogP contribution < -0.4 is 0 Å². The first-order chi connectivity index (χ1) is 18.0. The first kappa shape index (κ1) is 26.6. The SMILES string of the molecule is Cc1c(C(=O)OCC(=O)c2cc(C)n(CC3CCCO3)c2C)sc2nc(-c3cccs3)cc(C(F)(F)F)c12. The Balaban J connectivity index is 1.38. The Bertz CT molecular complexity index is 1510. The summed E-state index contributed by atoms with van der Waals surface area (Å²) in [7, 11) is 0. The number of alkyl halides is 3. The number of aromatic nitrogens is 2. The molecule has 1 aliphatic rings. The highest BCUT2D eigenvalue weighted by molar-refractivity contribution is 7.20. The molecule has 5 rings (SSSR count). The number of esters is 1. The van der Waals surface area contributed by atoms with Crippen molar-refractivity contribution in [3.63, 3.8) is 0 Å². The van der Waals surface area contributed by atoms with Crippen molar-refractivity contribution in [2.75, 3.05) is 13.2 Å². The minimum absolute atomic E-state index is 0.00187. The van der Waals surface area contributed by atoms with Crippen molar-refractivity contribution in [2.45, 2.75) is 52.4 Å². The number of rotatable bonds is 7. The van der Waals surface area contributed by atoms with Crippen LogP contribution in [0, 0.1) is 20.8 Å². The molecular weight excluding hydrogens is 537 g/mol. The van der Waals surface area contributed by atoms with E-state index in [1.165, 1.54) is 18.3 Å². The summed E-state index contributed by atoms with van der Waals surface area (Å²) in [5, 5.41) is 1.63. The summed E-state index contributed by atoms with van der Waals surface area (Å²) in [5.74, 6) is -1.23. The van der Waals surface area contributed by atoms with E-state index in [0.29, 0.717) is 17.0 Å². The number of hydrogen-bond acceptors (Lipinski definition) is 7. The lowest BCUT2D eigenvalue weighted by atomic mass is 10.1. The Hall–Kier alpha value is -3.02. The maximum absolute atomic E-state index is 14.0. The van der Waals surface area contributed by atoms with E-state index < -0.39 is 24.3 Å². The molecule has 0 radical (unpaired) electrons. The highest BCUT2D eigenvalue weighted by atomic mass is 32.1. The van der Waals surface area contributed by atoms with Crippen LogP contribution in [0.2, 0.25) is 0 Å². The molecule has 5 heterocycles. The number of carbonyl (C=O) groups excluding carboxylic acids is 2. The summed E-state index contributed by atoms with van der Waals surface area (Å²) >= 11 is 2.12. The van der Waals surface area contributed by atoms with E-state index in [1.807, 2.05) is 18.4 Å². The lowest BCUT2D eigenvalue weighted by Gasteiger charge is -2.14. The molecule has 0 amide bonds. The Morgan fingerprint density at radius 1 is 1.24 bits per heavy atom. The molecule has 0 aromatic carbocycles. The number of halogens is 3. The molecule has 11 heteroatoms. The largest absolute Gasteiger partial charge is 0.453 e. The third kappa shape index (κ3) is 5.02. The molecule has 0 bridgehead atoms. The second kappa shape index (κ2) is 10.3. The second-order valence-corrected chi connectivity index (χ2v) is 11.2. The van der Waals surface area contributed by atoms with E-state index in [-0.39, 0.29) is 38.2 Å². The van der Waals surface area contributed by atoms with Gasteiger partial charge < -0.3 is 14.0 Å². The minimum Gasteiger partial charge on any atom is -0.453 e. The van der Waals surface area contributed by atoms with Crippen LogP contribution in [-0.2, 0) is 22.2 Å². The van der Waals surface area contributed by atoms with Crippen molar-refractivity contribution in [1.29, 1.82) is 0 Å². The summed E-state index contributed by atoms with van der Waals surface area (Å²) in [6.07, 6.45) is -2.56. The van der Waals surface area contributed by atoms with Gasteiger partial charge in [0.2, 0.25) is 5.78 Å². The molecule has 1 atom stereocenters. The fourth-order valence-electron chi connectivity index (χ4n) is 4.84. The normalized spacial score (nSPS) is 15.9. The van der Waals surface area contributed by atoms with E-state index in [2.05, 4.69) is 4.98 Å². The second-order valence-electron chi connectivity index (χ2n) is 9.30. The molecule has 200 valence electrons. The van der Waals surface area contributed by atoms with Gasteiger partial charge in [-0.2, -0.15) is 13.2 Å². The molecule has 4 aromatic heterocycles. The number of carbonyl (C=O) groups is 2. The predicted molar refractivity (Wildman–Crippen MR) is 140 cm³/mol. The quantitative estimate of drug-likeness (QED) is 0.179. The molecule has 0 saturated carbocycles. The molecule has 1 fully saturated rings. The molecule has 1 saturated heterocycles. The highest BCUT2D eigenvalue weighted by Crippen LogP contribution is 2.42. The average molecular weight is 563 g/mol. The Morgan fingerprint density at radius 3 is 2.68 bits per heavy atom. The maximum Gasteiger partial charge on any atom is 0.417 e. The Morgan fingerprint density at radius 2 is 2.03 bits per heavy atom. The van der Waals surface area contributed by atoms with Gasteiger partial charge >= 0.3 is 12.1 Å². The van der Waals surface area contributed by atoms with E-state index in [0.717, 1.165) is 48.2 Å². The van der Waals surface area contributed by atoms with Crippen molar-refractivity contribution in [2.24, 2.45) is 0 Å². The first-order valence-corrected chi connectivity index (χ1v) is 13.8. The summed E-state index contributed by atoms with van der Waals surface area (Å²) in [6.45, 7) is 6.05. The molecular formula is C27H25F3N2O4S2. The first-order valence-electron chi connectivity index (χ1n) is 12.1. The zero-order valence-electron chi connectivity index (χ0n) is 21.0. The number of Topliss-reactive ketones (excluding diaryl/α,β-unsaturated/α-hetero) is 1. The molecule has 0 spiro atoms. The molecule has 1 unspecified atom stereocenters. The Kier molecular flexibility index (Phi) is 7.19. The zero-order chi connectivity index (χ0) is 27.2. The van der Waals surface area contributed by atoms with Crippen LogP contribution in [0.25, 0.3) is 20.8 Å². The van der Waals surface area contributed by atoms with Gasteiger partial charge in [0.25, 0.3) is 0 Å². The van der Waals surface area contributed by atoms with Crippen LogP contribution in [0.1, 0.15) is 55.4 Å². The zero-order valence-corrected chi connectivity index (χ0v) is 22.6. The fraction of sp³-hybridized carbons (Fsp3) is 0.370. The number of aryl methyl sites for hydroxylation is 2. The van der Waals surface area contributed by atoms with Gasteiger partial charge in [-0.15, -0.1) is 22.7 Å². The molecule has 38 heavy (non-hydrogen) atoms. The number of ether oxygens (including phenoxy) is 2. The van der Waals surface area contributed by atoms with Crippen molar-refractivity contribution < 1.29 is 32.2 Å². The maximum atomic E-state index is 14.0. The lowest BCUT2D eigenvalue weighted by molar-refractivity contribution is -0.136. The van der Waals surface area contributed by atoms with Gasteiger partial charge in [-0.25, -0.2) is 9.78 Å². The number of thiophene rings is 2. The van der Waals surface area contributed by atoms with E-state index in [9.17, 15) is 22.8 Å².